The number of hydrogen-bond donors (Lipinski definition) is 1. The molecule has 1 aromatic carbocycles. The number of nitrogens with zero attached hydrogens (tertiary/aromatic N) is 3. The predicted octanol–water partition coefficient (Wildman–Crippen LogP) is 3.42. The van der Waals surface area contributed by atoms with Gasteiger partial charge in [-0.3, -0.25) is 4.79 Å². The molecule has 5 nitrogen and oxygen atoms in total. The molecule has 1 saturated carbocycles. The van der Waals surface area contributed by atoms with Crippen LogP contribution in [0.5, 0.6) is 0 Å². The zero-order valence-corrected chi connectivity index (χ0v) is 15.1. The summed E-state index contributed by atoms with van der Waals surface area (Å²) in [5, 5.41) is 3.24. The normalized spacial score (nSPS) is 20.9. The van der Waals surface area contributed by atoms with Crippen LogP contribution in [-0.2, 0) is 4.79 Å². The van der Waals surface area contributed by atoms with Crippen molar-refractivity contribution in [2.45, 2.75) is 44.6 Å². The molecule has 2 fully saturated rings. The van der Waals surface area contributed by atoms with E-state index in [1.807, 2.05) is 30.6 Å². The minimum atomic E-state index is 0.0433. The molecule has 136 valence electrons. The van der Waals surface area contributed by atoms with Crippen molar-refractivity contribution >= 4 is 11.9 Å². The van der Waals surface area contributed by atoms with Crippen molar-refractivity contribution < 1.29 is 4.79 Å². The summed E-state index contributed by atoms with van der Waals surface area (Å²) in [5.74, 6) is 0.979. The van der Waals surface area contributed by atoms with Gasteiger partial charge in [0.1, 0.15) is 0 Å². The van der Waals surface area contributed by atoms with E-state index < -0.39 is 0 Å². The second-order valence-electron chi connectivity index (χ2n) is 7.41. The molecule has 1 saturated heterocycles. The zero-order valence-electron chi connectivity index (χ0n) is 15.1. The van der Waals surface area contributed by atoms with Crippen molar-refractivity contribution in [2.24, 2.45) is 5.92 Å². The summed E-state index contributed by atoms with van der Waals surface area (Å²) in [6.45, 7) is 1.63. The van der Waals surface area contributed by atoms with E-state index in [4.69, 9.17) is 0 Å². The Morgan fingerprint density at radius 1 is 0.962 bits per heavy atom. The molecule has 1 atom stereocenters. The van der Waals surface area contributed by atoms with Crippen LogP contribution in [0.3, 0.4) is 0 Å². The van der Waals surface area contributed by atoms with Gasteiger partial charge in [-0.15, -0.1) is 0 Å². The van der Waals surface area contributed by atoms with E-state index in [2.05, 4.69) is 32.3 Å². The summed E-state index contributed by atoms with van der Waals surface area (Å²) in [7, 11) is 0. The summed E-state index contributed by atoms with van der Waals surface area (Å²) in [6, 6.07) is 10.5. The van der Waals surface area contributed by atoms with Crippen LogP contribution in [0.1, 0.15) is 38.5 Å². The maximum atomic E-state index is 12.6. The summed E-state index contributed by atoms with van der Waals surface area (Å²) < 4.78 is 0. The Morgan fingerprint density at radius 3 is 2.42 bits per heavy atom. The van der Waals surface area contributed by atoms with Crippen LogP contribution in [0.2, 0.25) is 0 Å². The lowest BCUT2D eigenvalue weighted by Gasteiger charge is -2.32. The Labute approximate surface area is 154 Å². The molecule has 4 rings (SSSR count). The lowest BCUT2D eigenvalue weighted by Crippen LogP contribution is -2.45. The Kier molecular flexibility index (Phi) is 5.14. The largest absolute Gasteiger partial charge is 0.353 e. The van der Waals surface area contributed by atoms with E-state index in [1.165, 1.54) is 12.8 Å². The summed E-state index contributed by atoms with van der Waals surface area (Å²) >= 11 is 0. The first-order valence-electron chi connectivity index (χ1n) is 9.72. The topological polar surface area (TPSA) is 58.1 Å². The molecule has 26 heavy (non-hydrogen) atoms. The average Bonchev–Trinajstić information content (AvgIpc) is 3.22. The smallest absolute Gasteiger partial charge is 0.225 e. The van der Waals surface area contributed by atoms with Crippen molar-refractivity contribution in [2.75, 3.05) is 18.0 Å². The quantitative estimate of drug-likeness (QED) is 0.918. The number of rotatable bonds is 4. The highest BCUT2D eigenvalue weighted by Crippen LogP contribution is 2.24. The van der Waals surface area contributed by atoms with Gasteiger partial charge in [-0.05, 0) is 31.2 Å². The molecule has 0 bridgehead atoms. The van der Waals surface area contributed by atoms with Crippen LogP contribution < -0.4 is 10.2 Å². The van der Waals surface area contributed by atoms with Gasteiger partial charge >= 0.3 is 0 Å². The highest BCUT2D eigenvalue weighted by molar-refractivity contribution is 5.79. The Bertz CT molecular complexity index is 725. The number of piperidine rings is 1. The first-order chi connectivity index (χ1) is 12.8. The molecule has 0 unspecified atom stereocenters. The van der Waals surface area contributed by atoms with Gasteiger partial charge in [0.15, 0.2) is 0 Å². The van der Waals surface area contributed by atoms with Crippen LogP contribution in [0.4, 0.5) is 5.95 Å². The van der Waals surface area contributed by atoms with E-state index in [1.54, 1.807) is 0 Å². The van der Waals surface area contributed by atoms with Crippen molar-refractivity contribution in [1.29, 1.82) is 0 Å². The molecule has 1 aliphatic carbocycles. The fourth-order valence-corrected chi connectivity index (χ4v) is 4.03. The third-order valence-corrected chi connectivity index (χ3v) is 5.52. The number of benzene rings is 1. The standard InChI is InChI=1S/C21H26N4O/c26-20(24-19-10-4-5-11-19)17-9-6-12-25(15-17)21-22-13-18(14-23-21)16-7-2-1-3-8-16/h1-3,7-8,13-14,17,19H,4-6,9-12,15H2,(H,24,26)/t17-/m0/s1. The van der Waals surface area contributed by atoms with Crippen LogP contribution in [0, 0.1) is 5.92 Å². The molecule has 2 aliphatic rings. The molecular weight excluding hydrogens is 324 g/mol. The molecule has 2 heterocycles. The minimum Gasteiger partial charge on any atom is -0.353 e. The molecule has 1 aromatic heterocycles. The zero-order chi connectivity index (χ0) is 17.8. The van der Waals surface area contributed by atoms with Crippen molar-refractivity contribution in [3.63, 3.8) is 0 Å². The molecule has 0 radical (unpaired) electrons. The summed E-state index contributed by atoms with van der Waals surface area (Å²) in [6.07, 6.45) is 10.5. The lowest BCUT2D eigenvalue weighted by atomic mass is 9.97. The number of amides is 1. The maximum Gasteiger partial charge on any atom is 0.225 e. The number of hydrogen-bond acceptors (Lipinski definition) is 4. The molecule has 2 aromatic rings. The third kappa shape index (κ3) is 3.87. The molecule has 1 aliphatic heterocycles. The second-order valence-corrected chi connectivity index (χ2v) is 7.41. The summed E-state index contributed by atoms with van der Waals surface area (Å²) in [4.78, 5) is 23.9. The Balaban J connectivity index is 1.40. The molecular formula is C21H26N4O. The molecule has 5 heteroatoms. The van der Waals surface area contributed by atoms with E-state index in [-0.39, 0.29) is 11.8 Å². The molecule has 1 N–H and O–H groups in total. The van der Waals surface area contributed by atoms with Crippen LogP contribution in [-0.4, -0.2) is 35.0 Å². The van der Waals surface area contributed by atoms with E-state index in [0.29, 0.717) is 12.6 Å². The number of carbonyl (C=O) groups excluding carboxylic acids is 1. The van der Waals surface area contributed by atoms with E-state index in [0.717, 1.165) is 49.3 Å². The van der Waals surface area contributed by atoms with Gasteiger partial charge < -0.3 is 10.2 Å². The fourth-order valence-electron chi connectivity index (χ4n) is 4.03. The first-order valence-corrected chi connectivity index (χ1v) is 9.72. The lowest BCUT2D eigenvalue weighted by molar-refractivity contribution is -0.125. The molecule has 1 amide bonds. The predicted molar refractivity (Wildman–Crippen MR) is 103 cm³/mol. The van der Waals surface area contributed by atoms with Gasteiger partial charge in [0, 0.05) is 37.1 Å². The van der Waals surface area contributed by atoms with Gasteiger partial charge in [-0.2, -0.15) is 0 Å². The van der Waals surface area contributed by atoms with Crippen molar-refractivity contribution in [3.05, 3.63) is 42.7 Å². The van der Waals surface area contributed by atoms with Gasteiger partial charge in [-0.25, -0.2) is 9.97 Å². The third-order valence-electron chi connectivity index (χ3n) is 5.52. The van der Waals surface area contributed by atoms with Crippen LogP contribution in [0.15, 0.2) is 42.7 Å². The maximum absolute atomic E-state index is 12.6. The van der Waals surface area contributed by atoms with Crippen LogP contribution >= 0.6 is 0 Å². The Morgan fingerprint density at radius 2 is 1.69 bits per heavy atom. The minimum absolute atomic E-state index is 0.0433. The van der Waals surface area contributed by atoms with Crippen molar-refractivity contribution in [1.82, 2.24) is 15.3 Å². The van der Waals surface area contributed by atoms with E-state index >= 15 is 0 Å². The highest BCUT2D eigenvalue weighted by atomic mass is 16.2. The molecule has 0 spiro atoms. The summed E-state index contributed by atoms with van der Waals surface area (Å²) in [5.41, 5.74) is 2.13. The highest BCUT2D eigenvalue weighted by Gasteiger charge is 2.29. The van der Waals surface area contributed by atoms with Crippen LogP contribution in [0.25, 0.3) is 11.1 Å². The average molecular weight is 350 g/mol. The monoisotopic (exact) mass is 350 g/mol. The van der Waals surface area contributed by atoms with Gasteiger partial charge in [0.2, 0.25) is 11.9 Å². The Hall–Kier alpha value is -2.43. The SMILES string of the molecule is O=C(NC1CCCC1)[C@H]1CCCN(c2ncc(-c3ccccc3)cn2)C1. The van der Waals surface area contributed by atoms with Gasteiger partial charge in [-0.1, -0.05) is 43.2 Å². The van der Waals surface area contributed by atoms with Gasteiger partial charge in [0.05, 0.1) is 5.92 Å². The van der Waals surface area contributed by atoms with E-state index in [9.17, 15) is 4.79 Å². The fraction of sp³-hybridized carbons (Fsp3) is 0.476. The van der Waals surface area contributed by atoms with Gasteiger partial charge in [0.25, 0.3) is 0 Å². The number of aromatic nitrogens is 2. The number of carbonyl (C=O) groups is 1. The second kappa shape index (κ2) is 7.85. The van der Waals surface area contributed by atoms with Crippen molar-refractivity contribution in [3.8, 4) is 11.1 Å². The number of anilines is 1. The first kappa shape index (κ1) is 17.0. The number of nitrogens with one attached hydrogen (secondary N) is 1.